The van der Waals surface area contributed by atoms with Gasteiger partial charge in [0.25, 0.3) is 6.01 Å². The maximum absolute atomic E-state index is 11.1. The number of likely N-dealkylation sites (N-methyl/N-ethyl adjacent to an activating group) is 1. The monoisotopic (exact) mass is 527 g/mol. The van der Waals surface area contributed by atoms with Crippen molar-refractivity contribution in [1.82, 2.24) is 14.9 Å². The Bertz CT molecular complexity index is 1330. The van der Waals surface area contributed by atoms with Gasteiger partial charge in [-0.2, -0.15) is 4.98 Å². The number of benzene rings is 2. The average Bonchev–Trinajstić information content (AvgIpc) is 3.31. The smallest absolute Gasteiger partial charge is 0.354 e. The van der Waals surface area contributed by atoms with Crippen molar-refractivity contribution in [2.75, 3.05) is 38.6 Å². The standard InChI is InChI=1S/C25H25ClN4O5.CH5N/c1-3-30(4-2)11-12-33-23-13-16(5-7-19(23)26)28-25-29-20-14-17(6-8-22(20)35-25)34-18-9-10-27-21(15-18)24(31)32;1-2/h5-10,13-15H,3-4,11-12H2,1-2H3,(H,28,29)(H,31,32);2H2,1H3. The fourth-order valence-corrected chi connectivity index (χ4v) is 3.56. The van der Waals surface area contributed by atoms with E-state index in [-0.39, 0.29) is 5.69 Å². The third kappa shape index (κ3) is 7.56. The number of ether oxygens (including phenoxy) is 2. The highest BCUT2D eigenvalue weighted by atomic mass is 35.5. The van der Waals surface area contributed by atoms with E-state index >= 15 is 0 Å². The molecule has 2 aromatic heterocycles. The Balaban J connectivity index is 0.00000186. The van der Waals surface area contributed by atoms with Gasteiger partial charge < -0.3 is 34.9 Å². The number of carboxylic acids is 1. The number of aromatic carboxylic acids is 1. The van der Waals surface area contributed by atoms with Crippen LogP contribution < -0.4 is 20.5 Å². The molecule has 0 bridgehead atoms. The topological polar surface area (TPSA) is 136 Å². The van der Waals surface area contributed by atoms with Crippen LogP contribution in [0.25, 0.3) is 11.1 Å². The number of hydrogen-bond donors (Lipinski definition) is 3. The molecule has 0 aliphatic heterocycles. The molecule has 0 radical (unpaired) electrons. The zero-order valence-electron chi connectivity index (χ0n) is 20.9. The van der Waals surface area contributed by atoms with E-state index in [0.717, 1.165) is 19.6 Å². The quantitative estimate of drug-likeness (QED) is 0.232. The molecule has 0 amide bonds. The second kappa shape index (κ2) is 13.4. The van der Waals surface area contributed by atoms with Crippen molar-refractivity contribution >= 4 is 40.4 Å². The molecular weight excluding hydrogens is 498 g/mol. The number of pyridine rings is 1. The second-order valence-corrected chi connectivity index (χ2v) is 7.99. The Hall–Kier alpha value is -3.86. The summed E-state index contributed by atoms with van der Waals surface area (Å²) < 4.78 is 17.4. The largest absolute Gasteiger partial charge is 0.491 e. The SMILES string of the molecule is CCN(CC)CCOc1cc(Nc2nc3cc(Oc4ccnc(C(=O)O)c4)ccc3o2)ccc1Cl.CN. The summed E-state index contributed by atoms with van der Waals surface area (Å²) in [4.78, 5) is 21.6. The summed E-state index contributed by atoms with van der Waals surface area (Å²) in [6, 6.07) is 13.7. The van der Waals surface area contributed by atoms with E-state index < -0.39 is 5.97 Å². The first-order valence-electron chi connectivity index (χ1n) is 11.7. The molecule has 4 N–H and O–H groups in total. The van der Waals surface area contributed by atoms with Gasteiger partial charge >= 0.3 is 5.97 Å². The number of aromatic nitrogens is 2. The predicted molar refractivity (Wildman–Crippen MR) is 143 cm³/mol. The molecule has 11 heteroatoms. The van der Waals surface area contributed by atoms with Crippen LogP contribution in [0.4, 0.5) is 11.7 Å². The molecule has 37 heavy (non-hydrogen) atoms. The molecule has 0 saturated heterocycles. The first kappa shape index (κ1) is 27.7. The van der Waals surface area contributed by atoms with Gasteiger partial charge in [0, 0.05) is 36.6 Å². The number of oxazole rings is 1. The van der Waals surface area contributed by atoms with E-state index in [1.165, 1.54) is 19.3 Å². The van der Waals surface area contributed by atoms with Crippen LogP contribution in [0.3, 0.4) is 0 Å². The molecule has 10 nitrogen and oxygen atoms in total. The summed E-state index contributed by atoms with van der Waals surface area (Å²) in [6.07, 6.45) is 1.38. The van der Waals surface area contributed by atoms with Crippen LogP contribution in [-0.2, 0) is 0 Å². The molecule has 0 atom stereocenters. The molecular formula is C26H30ClN5O5. The highest BCUT2D eigenvalue weighted by Crippen LogP contribution is 2.31. The molecule has 2 aromatic carbocycles. The lowest BCUT2D eigenvalue weighted by Crippen LogP contribution is -2.27. The van der Waals surface area contributed by atoms with E-state index in [1.54, 1.807) is 36.4 Å². The Morgan fingerprint density at radius 1 is 1.11 bits per heavy atom. The van der Waals surface area contributed by atoms with Crippen molar-refractivity contribution in [3.05, 3.63) is 65.4 Å². The van der Waals surface area contributed by atoms with Crippen LogP contribution in [0.5, 0.6) is 17.2 Å². The van der Waals surface area contributed by atoms with E-state index in [0.29, 0.717) is 51.7 Å². The molecule has 0 spiro atoms. The summed E-state index contributed by atoms with van der Waals surface area (Å²) in [6.45, 7) is 7.50. The van der Waals surface area contributed by atoms with Crippen molar-refractivity contribution in [1.29, 1.82) is 0 Å². The third-order valence-electron chi connectivity index (χ3n) is 5.29. The average molecular weight is 528 g/mol. The Labute approximate surface area is 220 Å². The molecule has 0 fully saturated rings. The summed E-state index contributed by atoms with van der Waals surface area (Å²) >= 11 is 6.30. The summed E-state index contributed by atoms with van der Waals surface area (Å²) in [5.41, 5.74) is 6.25. The number of carboxylic acid groups (broad SMARTS) is 1. The molecule has 0 unspecified atom stereocenters. The van der Waals surface area contributed by atoms with Crippen LogP contribution in [0, 0.1) is 0 Å². The van der Waals surface area contributed by atoms with Crippen molar-refractivity contribution in [3.63, 3.8) is 0 Å². The van der Waals surface area contributed by atoms with Crippen molar-refractivity contribution in [3.8, 4) is 17.2 Å². The van der Waals surface area contributed by atoms with Gasteiger partial charge in [-0.05, 0) is 50.5 Å². The van der Waals surface area contributed by atoms with Gasteiger partial charge in [-0.15, -0.1) is 0 Å². The van der Waals surface area contributed by atoms with Gasteiger partial charge in [-0.1, -0.05) is 25.4 Å². The minimum Gasteiger partial charge on any atom is -0.491 e. The minimum absolute atomic E-state index is 0.101. The van der Waals surface area contributed by atoms with Crippen LogP contribution in [0.2, 0.25) is 5.02 Å². The van der Waals surface area contributed by atoms with E-state index in [9.17, 15) is 4.79 Å². The van der Waals surface area contributed by atoms with Crippen molar-refractivity contribution in [2.45, 2.75) is 13.8 Å². The fraction of sp³-hybridized carbons (Fsp3) is 0.269. The number of hydrogen-bond acceptors (Lipinski definition) is 9. The second-order valence-electron chi connectivity index (χ2n) is 7.58. The zero-order valence-corrected chi connectivity index (χ0v) is 21.7. The molecule has 4 aromatic rings. The van der Waals surface area contributed by atoms with Gasteiger partial charge in [-0.3, -0.25) is 0 Å². The van der Waals surface area contributed by atoms with Gasteiger partial charge in [0.2, 0.25) is 0 Å². The molecule has 196 valence electrons. The number of halogens is 1. The number of nitrogens with zero attached hydrogens (tertiary/aromatic N) is 3. The molecule has 4 rings (SSSR count). The van der Waals surface area contributed by atoms with E-state index in [1.807, 2.05) is 6.07 Å². The first-order valence-corrected chi connectivity index (χ1v) is 12.1. The number of rotatable bonds is 11. The molecule has 0 saturated carbocycles. The lowest BCUT2D eigenvalue weighted by atomic mass is 10.3. The van der Waals surface area contributed by atoms with Gasteiger partial charge in [0.05, 0.1) is 5.02 Å². The first-order chi connectivity index (χ1) is 17.9. The van der Waals surface area contributed by atoms with Gasteiger partial charge in [0.1, 0.15) is 29.4 Å². The van der Waals surface area contributed by atoms with E-state index in [4.69, 9.17) is 30.6 Å². The normalized spacial score (nSPS) is 10.6. The maximum atomic E-state index is 11.1. The lowest BCUT2D eigenvalue weighted by molar-refractivity contribution is 0.0690. The number of nitrogens with two attached hydrogens (primary N) is 1. The summed E-state index contributed by atoms with van der Waals surface area (Å²) in [5.74, 6) is 0.287. The zero-order chi connectivity index (χ0) is 26.8. The number of carbonyl (C=O) groups is 1. The number of fused-ring (bicyclic) bond motifs is 1. The Kier molecular flexibility index (Phi) is 10.1. The number of nitrogens with one attached hydrogen (secondary N) is 1. The third-order valence-corrected chi connectivity index (χ3v) is 5.60. The van der Waals surface area contributed by atoms with Gasteiger partial charge in [0.15, 0.2) is 11.3 Å². The van der Waals surface area contributed by atoms with Crippen molar-refractivity contribution in [2.24, 2.45) is 5.73 Å². The van der Waals surface area contributed by atoms with Crippen molar-refractivity contribution < 1.29 is 23.8 Å². The van der Waals surface area contributed by atoms with Gasteiger partial charge in [-0.25, -0.2) is 9.78 Å². The lowest BCUT2D eigenvalue weighted by Gasteiger charge is -2.18. The van der Waals surface area contributed by atoms with Crippen LogP contribution >= 0.6 is 11.6 Å². The van der Waals surface area contributed by atoms with Crippen LogP contribution in [0.15, 0.2) is 59.1 Å². The Morgan fingerprint density at radius 3 is 2.59 bits per heavy atom. The highest BCUT2D eigenvalue weighted by Gasteiger charge is 2.11. The molecule has 0 aliphatic rings. The Morgan fingerprint density at radius 2 is 1.86 bits per heavy atom. The molecule has 2 heterocycles. The molecule has 0 aliphatic carbocycles. The summed E-state index contributed by atoms with van der Waals surface area (Å²) in [5, 5.41) is 12.7. The van der Waals surface area contributed by atoms with Crippen LogP contribution in [-0.4, -0.2) is 59.2 Å². The summed E-state index contributed by atoms with van der Waals surface area (Å²) in [7, 11) is 1.50. The van der Waals surface area contributed by atoms with E-state index in [2.05, 4.69) is 39.8 Å². The fourth-order valence-electron chi connectivity index (χ4n) is 3.39. The highest BCUT2D eigenvalue weighted by molar-refractivity contribution is 6.32. The maximum Gasteiger partial charge on any atom is 0.354 e. The number of anilines is 2. The predicted octanol–water partition coefficient (Wildman–Crippen LogP) is 5.41. The van der Waals surface area contributed by atoms with Crippen LogP contribution in [0.1, 0.15) is 24.3 Å². The minimum atomic E-state index is -1.13.